The third kappa shape index (κ3) is 2.95. The summed E-state index contributed by atoms with van der Waals surface area (Å²) in [7, 11) is 0. The topological polar surface area (TPSA) is 61.6 Å². The Hall–Kier alpha value is -2.53. The largest absolute Gasteiger partial charge is 0.370 e. The number of carbonyl (C=O) groups excluding carboxylic acids is 1. The molecule has 4 rings (SSSR count). The van der Waals surface area contributed by atoms with E-state index in [0.29, 0.717) is 13.1 Å². The zero-order valence-corrected chi connectivity index (χ0v) is 13.6. The number of rotatable bonds is 2. The predicted molar refractivity (Wildman–Crippen MR) is 96.0 cm³/mol. The number of carbonyl (C=O) groups is 1. The minimum absolute atomic E-state index is 0.0536. The monoisotopic (exact) mass is 322 g/mol. The lowest BCUT2D eigenvalue weighted by atomic mass is 10.1. The molecule has 0 spiro atoms. The first kappa shape index (κ1) is 15.0. The smallest absolute Gasteiger partial charge is 0.322 e. The molecule has 1 saturated heterocycles. The van der Waals surface area contributed by atoms with Crippen molar-refractivity contribution in [2.45, 2.75) is 25.6 Å². The molecule has 0 bridgehead atoms. The molecular formula is C19H22N4O. The highest BCUT2D eigenvalue weighted by atomic mass is 16.2. The van der Waals surface area contributed by atoms with Gasteiger partial charge < -0.3 is 20.9 Å². The van der Waals surface area contributed by atoms with Crippen LogP contribution in [0.1, 0.15) is 17.5 Å². The lowest BCUT2D eigenvalue weighted by Crippen LogP contribution is -2.30. The van der Waals surface area contributed by atoms with Crippen LogP contribution in [-0.2, 0) is 13.1 Å². The molecule has 2 heterocycles. The zero-order valence-electron chi connectivity index (χ0n) is 13.6. The Labute approximate surface area is 142 Å². The van der Waals surface area contributed by atoms with E-state index in [4.69, 9.17) is 5.73 Å². The van der Waals surface area contributed by atoms with Gasteiger partial charge in [0.2, 0.25) is 0 Å². The number of nitrogens with one attached hydrogen (secondary N) is 1. The number of nitrogens with two attached hydrogens (primary N) is 1. The Morgan fingerprint density at radius 1 is 1.04 bits per heavy atom. The Morgan fingerprint density at radius 2 is 1.71 bits per heavy atom. The third-order valence-corrected chi connectivity index (χ3v) is 4.84. The molecule has 2 aromatic carbocycles. The SMILES string of the molecule is NC1CCN(c2ccc(NC(=O)N3Cc4ccccc4C3)cc2)C1. The summed E-state index contributed by atoms with van der Waals surface area (Å²) in [4.78, 5) is 16.6. The number of hydrogen-bond donors (Lipinski definition) is 2. The number of hydrogen-bond acceptors (Lipinski definition) is 3. The first-order valence-electron chi connectivity index (χ1n) is 8.42. The number of benzene rings is 2. The van der Waals surface area contributed by atoms with Crippen LogP contribution in [0, 0.1) is 0 Å². The minimum atomic E-state index is -0.0536. The van der Waals surface area contributed by atoms with Crippen molar-refractivity contribution in [3.63, 3.8) is 0 Å². The summed E-state index contributed by atoms with van der Waals surface area (Å²) >= 11 is 0. The molecule has 0 aliphatic carbocycles. The average molecular weight is 322 g/mol. The maximum atomic E-state index is 12.5. The molecule has 5 nitrogen and oxygen atoms in total. The van der Waals surface area contributed by atoms with Gasteiger partial charge in [-0.3, -0.25) is 0 Å². The molecule has 1 fully saturated rings. The van der Waals surface area contributed by atoms with Crippen LogP contribution < -0.4 is 16.0 Å². The van der Waals surface area contributed by atoms with Gasteiger partial charge in [-0.05, 0) is 41.8 Å². The quantitative estimate of drug-likeness (QED) is 0.894. The maximum Gasteiger partial charge on any atom is 0.322 e. The molecule has 1 atom stereocenters. The van der Waals surface area contributed by atoms with E-state index in [0.717, 1.165) is 30.9 Å². The second-order valence-electron chi connectivity index (χ2n) is 6.60. The first-order chi connectivity index (χ1) is 11.7. The van der Waals surface area contributed by atoms with E-state index in [-0.39, 0.29) is 12.1 Å². The van der Waals surface area contributed by atoms with E-state index < -0.39 is 0 Å². The van der Waals surface area contributed by atoms with E-state index in [1.165, 1.54) is 11.1 Å². The van der Waals surface area contributed by atoms with Crippen molar-refractivity contribution >= 4 is 17.4 Å². The van der Waals surface area contributed by atoms with Gasteiger partial charge in [-0.2, -0.15) is 0 Å². The molecule has 2 aliphatic rings. The van der Waals surface area contributed by atoms with E-state index in [2.05, 4.69) is 22.3 Å². The van der Waals surface area contributed by atoms with E-state index in [1.54, 1.807) is 0 Å². The second-order valence-corrected chi connectivity index (χ2v) is 6.60. The Kier molecular flexibility index (Phi) is 3.86. The molecule has 0 saturated carbocycles. The van der Waals surface area contributed by atoms with Crippen LogP contribution in [0.3, 0.4) is 0 Å². The van der Waals surface area contributed by atoms with Crippen molar-refractivity contribution < 1.29 is 4.79 Å². The summed E-state index contributed by atoms with van der Waals surface area (Å²) in [6.07, 6.45) is 1.04. The predicted octanol–water partition coefficient (Wildman–Crippen LogP) is 2.77. The van der Waals surface area contributed by atoms with Crippen LogP contribution in [0.4, 0.5) is 16.2 Å². The summed E-state index contributed by atoms with van der Waals surface area (Å²) in [5.41, 5.74) is 10.4. The van der Waals surface area contributed by atoms with Gasteiger partial charge in [0.15, 0.2) is 0 Å². The highest BCUT2D eigenvalue weighted by molar-refractivity contribution is 5.89. The molecule has 2 amide bonds. The fourth-order valence-corrected chi connectivity index (χ4v) is 3.46. The van der Waals surface area contributed by atoms with Gasteiger partial charge in [0, 0.05) is 43.6 Å². The number of nitrogens with zero attached hydrogens (tertiary/aromatic N) is 2. The number of fused-ring (bicyclic) bond motifs is 1. The van der Waals surface area contributed by atoms with Crippen molar-refractivity contribution in [3.05, 3.63) is 59.7 Å². The molecule has 1 unspecified atom stereocenters. The van der Waals surface area contributed by atoms with Crippen molar-refractivity contribution in [2.24, 2.45) is 5.73 Å². The fourth-order valence-electron chi connectivity index (χ4n) is 3.46. The van der Waals surface area contributed by atoms with Gasteiger partial charge in [-0.1, -0.05) is 24.3 Å². The van der Waals surface area contributed by atoms with Crippen LogP contribution in [0.5, 0.6) is 0 Å². The summed E-state index contributed by atoms with van der Waals surface area (Å²) in [6.45, 7) is 3.24. The van der Waals surface area contributed by atoms with Gasteiger partial charge in [0.25, 0.3) is 0 Å². The summed E-state index contributed by atoms with van der Waals surface area (Å²) in [5.74, 6) is 0. The lowest BCUT2D eigenvalue weighted by Gasteiger charge is -2.19. The van der Waals surface area contributed by atoms with Gasteiger partial charge >= 0.3 is 6.03 Å². The Bertz CT molecular complexity index is 718. The highest BCUT2D eigenvalue weighted by Crippen LogP contribution is 2.24. The maximum absolute atomic E-state index is 12.5. The normalized spacial score (nSPS) is 19.5. The van der Waals surface area contributed by atoms with Crippen LogP contribution in [0.25, 0.3) is 0 Å². The van der Waals surface area contributed by atoms with Crippen molar-refractivity contribution in [3.8, 4) is 0 Å². The van der Waals surface area contributed by atoms with E-state index in [9.17, 15) is 4.79 Å². The second kappa shape index (κ2) is 6.17. The first-order valence-corrected chi connectivity index (χ1v) is 8.42. The van der Waals surface area contributed by atoms with Gasteiger partial charge in [-0.25, -0.2) is 4.79 Å². The van der Waals surface area contributed by atoms with Crippen molar-refractivity contribution in [1.82, 2.24) is 4.90 Å². The van der Waals surface area contributed by atoms with E-state index in [1.807, 2.05) is 41.3 Å². The number of anilines is 2. The Balaban J connectivity index is 1.38. The van der Waals surface area contributed by atoms with Gasteiger partial charge in [0.05, 0.1) is 0 Å². The van der Waals surface area contributed by atoms with Crippen LogP contribution >= 0.6 is 0 Å². The Morgan fingerprint density at radius 3 is 2.29 bits per heavy atom. The van der Waals surface area contributed by atoms with Crippen LogP contribution in [-0.4, -0.2) is 30.1 Å². The molecule has 0 aromatic heterocycles. The van der Waals surface area contributed by atoms with E-state index >= 15 is 0 Å². The molecule has 124 valence electrons. The lowest BCUT2D eigenvalue weighted by molar-refractivity contribution is 0.212. The standard InChI is InChI=1S/C19H22N4O/c20-16-9-10-22(13-16)18-7-5-17(6-8-18)21-19(24)23-11-14-3-1-2-4-15(14)12-23/h1-8,16H,9-13,20H2,(H,21,24). The van der Waals surface area contributed by atoms with Crippen molar-refractivity contribution in [2.75, 3.05) is 23.3 Å². The average Bonchev–Trinajstić information content (AvgIpc) is 3.21. The van der Waals surface area contributed by atoms with Gasteiger partial charge in [-0.15, -0.1) is 0 Å². The van der Waals surface area contributed by atoms with Crippen molar-refractivity contribution in [1.29, 1.82) is 0 Å². The third-order valence-electron chi connectivity index (χ3n) is 4.84. The molecule has 0 radical (unpaired) electrons. The zero-order chi connectivity index (χ0) is 16.5. The van der Waals surface area contributed by atoms with Gasteiger partial charge in [0.1, 0.15) is 0 Å². The molecular weight excluding hydrogens is 300 g/mol. The fraction of sp³-hybridized carbons (Fsp3) is 0.316. The summed E-state index contributed by atoms with van der Waals surface area (Å²) in [5, 5.41) is 2.99. The minimum Gasteiger partial charge on any atom is -0.370 e. The summed E-state index contributed by atoms with van der Waals surface area (Å²) < 4.78 is 0. The molecule has 3 N–H and O–H groups in total. The van der Waals surface area contributed by atoms with Crippen LogP contribution in [0.15, 0.2) is 48.5 Å². The number of urea groups is 1. The molecule has 24 heavy (non-hydrogen) atoms. The molecule has 2 aliphatic heterocycles. The molecule has 2 aromatic rings. The molecule has 5 heteroatoms. The van der Waals surface area contributed by atoms with Crippen LogP contribution in [0.2, 0.25) is 0 Å². The number of amides is 2. The summed E-state index contributed by atoms with van der Waals surface area (Å²) in [6, 6.07) is 16.4. The highest BCUT2D eigenvalue weighted by Gasteiger charge is 2.23.